The smallest absolute Gasteiger partial charge is 0.335 e. The number of ether oxygens (including phenoxy) is 2. The topological polar surface area (TPSA) is 89.9 Å². The van der Waals surface area contributed by atoms with Crippen molar-refractivity contribution in [3.05, 3.63) is 23.8 Å². The fourth-order valence-corrected chi connectivity index (χ4v) is 3.12. The van der Waals surface area contributed by atoms with Crippen LogP contribution in [-0.2, 0) is 13.8 Å². The van der Waals surface area contributed by atoms with Gasteiger partial charge in [-0.2, -0.15) is 0 Å². The zero-order valence-corrected chi connectivity index (χ0v) is 12.7. The molecule has 0 radical (unpaired) electrons. The zero-order chi connectivity index (χ0) is 15.5. The number of halogens is 1. The van der Waals surface area contributed by atoms with E-state index in [1.54, 1.807) is 0 Å². The van der Waals surface area contributed by atoms with Gasteiger partial charge in [0, 0.05) is 23.7 Å². The Bertz CT molecular complexity index is 622. The molecule has 0 aliphatic carbocycles. The van der Waals surface area contributed by atoms with Crippen LogP contribution in [0.5, 0.6) is 5.75 Å². The number of rotatable bonds is 6. The molecule has 1 unspecified atom stereocenters. The van der Waals surface area contributed by atoms with Crippen LogP contribution in [0.4, 0.5) is 0 Å². The maximum Gasteiger partial charge on any atom is 0.335 e. The van der Waals surface area contributed by atoms with Crippen LogP contribution in [0.25, 0.3) is 0 Å². The first-order valence-electron chi connectivity index (χ1n) is 6.44. The van der Waals surface area contributed by atoms with Crippen LogP contribution in [-0.4, -0.2) is 38.8 Å². The lowest BCUT2D eigenvalue weighted by Gasteiger charge is -2.13. The Balaban J connectivity index is 2.12. The summed E-state index contributed by atoms with van der Waals surface area (Å²) in [5.74, 6) is -1.18. The lowest BCUT2D eigenvalue weighted by Crippen LogP contribution is -2.12. The summed E-state index contributed by atoms with van der Waals surface area (Å²) in [6.07, 6.45) is 2.74. The minimum atomic E-state index is -4.09. The Morgan fingerprint density at radius 3 is 2.81 bits per heavy atom. The summed E-state index contributed by atoms with van der Waals surface area (Å²) in [6, 6.07) is 3.57. The van der Waals surface area contributed by atoms with Crippen molar-refractivity contribution in [2.45, 2.75) is 30.3 Å². The number of aromatic carboxylic acids is 1. The minimum Gasteiger partial charge on any atom is -0.492 e. The molecule has 1 heterocycles. The Kier molecular flexibility index (Phi) is 5.08. The van der Waals surface area contributed by atoms with Gasteiger partial charge in [0.15, 0.2) is 0 Å². The molecule has 0 saturated carbocycles. The number of hydrogen-bond donors (Lipinski definition) is 1. The van der Waals surface area contributed by atoms with Gasteiger partial charge in [0.1, 0.15) is 10.6 Å². The maximum atomic E-state index is 11.5. The third-order valence-electron chi connectivity index (χ3n) is 3.17. The lowest BCUT2D eigenvalue weighted by atomic mass is 10.2. The number of benzene rings is 1. The largest absolute Gasteiger partial charge is 0.492 e. The van der Waals surface area contributed by atoms with E-state index in [2.05, 4.69) is 0 Å². The third kappa shape index (κ3) is 4.33. The Labute approximate surface area is 127 Å². The molecule has 21 heavy (non-hydrogen) atoms. The predicted octanol–water partition coefficient (Wildman–Crippen LogP) is 2.26. The highest BCUT2D eigenvalue weighted by Gasteiger charge is 2.21. The second-order valence-electron chi connectivity index (χ2n) is 4.68. The summed E-state index contributed by atoms with van der Waals surface area (Å²) in [6.45, 7) is 1.01. The second-order valence-corrected chi connectivity index (χ2v) is 7.21. The van der Waals surface area contributed by atoms with Gasteiger partial charge in [-0.3, -0.25) is 0 Å². The highest BCUT2D eigenvalue weighted by Crippen LogP contribution is 2.28. The third-order valence-corrected chi connectivity index (χ3v) is 4.52. The molecule has 1 fully saturated rings. The number of hydrogen-bond acceptors (Lipinski definition) is 5. The van der Waals surface area contributed by atoms with Gasteiger partial charge < -0.3 is 14.6 Å². The summed E-state index contributed by atoms with van der Waals surface area (Å²) in [5.41, 5.74) is -0.166. The predicted molar refractivity (Wildman–Crippen MR) is 75.5 cm³/mol. The first kappa shape index (κ1) is 16.1. The molecule has 2 rings (SSSR count). The van der Waals surface area contributed by atoms with E-state index in [4.69, 9.17) is 25.3 Å². The van der Waals surface area contributed by atoms with Crippen LogP contribution in [0.2, 0.25) is 0 Å². The molecular weight excluding hydrogens is 320 g/mol. The van der Waals surface area contributed by atoms with Gasteiger partial charge >= 0.3 is 5.97 Å². The van der Waals surface area contributed by atoms with Crippen LogP contribution in [0.1, 0.15) is 29.6 Å². The number of carbonyl (C=O) groups is 1. The van der Waals surface area contributed by atoms with Crippen LogP contribution < -0.4 is 4.74 Å². The molecule has 0 spiro atoms. The monoisotopic (exact) mass is 334 g/mol. The van der Waals surface area contributed by atoms with E-state index in [9.17, 15) is 13.2 Å². The van der Waals surface area contributed by atoms with E-state index in [0.717, 1.165) is 25.5 Å². The van der Waals surface area contributed by atoms with Crippen molar-refractivity contribution in [1.29, 1.82) is 0 Å². The molecule has 0 amide bonds. The first-order chi connectivity index (χ1) is 9.88. The highest BCUT2D eigenvalue weighted by molar-refractivity contribution is 8.13. The van der Waals surface area contributed by atoms with Gasteiger partial charge in [0.2, 0.25) is 0 Å². The van der Waals surface area contributed by atoms with Crippen molar-refractivity contribution in [2.75, 3.05) is 13.2 Å². The molecule has 8 heteroatoms. The van der Waals surface area contributed by atoms with Gasteiger partial charge in [-0.15, -0.1) is 0 Å². The SMILES string of the molecule is O=C(O)c1ccc(OCCC2CCCO2)c(S(=O)(=O)Cl)c1. The van der Waals surface area contributed by atoms with Gasteiger partial charge in [-0.05, 0) is 31.0 Å². The first-order valence-corrected chi connectivity index (χ1v) is 8.75. The summed E-state index contributed by atoms with van der Waals surface area (Å²) in [5, 5.41) is 8.89. The van der Waals surface area contributed by atoms with E-state index >= 15 is 0 Å². The summed E-state index contributed by atoms with van der Waals surface area (Å²) >= 11 is 0. The van der Waals surface area contributed by atoms with E-state index in [-0.39, 0.29) is 28.9 Å². The van der Waals surface area contributed by atoms with Crippen molar-refractivity contribution in [3.63, 3.8) is 0 Å². The molecule has 0 bridgehead atoms. The van der Waals surface area contributed by atoms with Gasteiger partial charge in [-0.1, -0.05) is 0 Å². The van der Waals surface area contributed by atoms with E-state index in [1.807, 2.05) is 0 Å². The standard InChI is InChI=1S/C13H15ClO6S/c14-21(17,18)12-8-9(13(15)16)3-4-11(12)20-7-5-10-2-1-6-19-10/h3-4,8,10H,1-2,5-7H2,(H,15,16). The van der Waals surface area contributed by atoms with Gasteiger partial charge in [0.25, 0.3) is 9.05 Å². The molecular formula is C13H15ClO6S. The Morgan fingerprint density at radius 1 is 1.48 bits per heavy atom. The molecule has 1 aliphatic rings. The molecule has 1 aromatic rings. The fourth-order valence-electron chi connectivity index (χ4n) is 2.12. The average molecular weight is 335 g/mol. The summed E-state index contributed by atoms with van der Waals surface area (Å²) in [4.78, 5) is 10.5. The van der Waals surface area contributed by atoms with Crippen molar-refractivity contribution in [1.82, 2.24) is 0 Å². The van der Waals surface area contributed by atoms with E-state index < -0.39 is 15.0 Å². The van der Waals surface area contributed by atoms with Crippen LogP contribution in [0.3, 0.4) is 0 Å². The molecule has 0 aromatic heterocycles. The summed E-state index contributed by atoms with van der Waals surface area (Å²) < 4.78 is 33.9. The van der Waals surface area contributed by atoms with Crippen molar-refractivity contribution in [2.24, 2.45) is 0 Å². The molecule has 1 aliphatic heterocycles. The van der Waals surface area contributed by atoms with Crippen molar-refractivity contribution in [3.8, 4) is 5.75 Å². The maximum absolute atomic E-state index is 11.5. The van der Waals surface area contributed by atoms with Crippen molar-refractivity contribution >= 4 is 25.7 Å². The van der Waals surface area contributed by atoms with Crippen LogP contribution in [0, 0.1) is 0 Å². The number of carboxylic acids is 1. The molecule has 116 valence electrons. The second kappa shape index (κ2) is 6.64. The Hall–Kier alpha value is -1.31. The van der Waals surface area contributed by atoms with Gasteiger partial charge in [-0.25, -0.2) is 13.2 Å². The van der Waals surface area contributed by atoms with Gasteiger partial charge in [0.05, 0.1) is 18.3 Å². The average Bonchev–Trinajstić information content (AvgIpc) is 2.90. The van der Waals surface area contributed by atoms with Crippen molar-refractivity contribution < 1.29 is 27.8 Å². The molecule has 1 atom stereocenters. The minimum absolute atomic E-state index is 0.0491. The molecule has 1 aromatic carbocycles. The van der Waals surface area contributed by atoms with Crippen LogP contribution >= 0.6 is 10.7 Å². The highest BCUT2D eigenvalue weighted by atomic mass is 35.7. The van der Waals surface area contributed by atoms with E-state index in [1.165, 1.54) is 12.1 Å². The normalized spacial score (nSPS) is 18.6. The Morgan fingerprint density at radius 2 is 2.24 bits per heavy atom. The fraction of sp³-hybridized carbons (Fsp3) is 0.462. The molecule has 1 N–H and O–H groups in total. The van der Waals surface area contributed by atoms with Crippen LogP contribution in [0.15, 0.2) is 23.1 Å². The molecule has 6 nitrogen and oxygen atoms in total. The summed E-state index contributed by atoms with van der Waals surface area (Å²) in [7, 11) is 1.23. The number of carboxylic acid groups (broad SMARTS) is 1. The van der Waals surface area contributed by atoms with E-state index in [0.29, 0.717) is 6.42 Å². The molecule has 1 saturated heterocycles. The zero-order valence-electron chi connectivity index (χ0n) is 11.1. The quantitative estimate of drug-likeness (QED) is 0.802. The lowest BCUT2D eigenvalue weighted by molar-refractivity contribution is 0.0696.